The van der Waals surface area contributed by atoms with Crippen LogP contribution in [0.1, 0.15) is 24.7 Å². The second-order valence-electron chi connectivity index (χ2n) is 6.45. The molecule has 0 unspecified atom stereocenters. The van der Waals surface area contributed by atoms with Gasteiger partial charge in [-0.25, -0.2) is 8.42 Å². The van der Waals surface area contributed by atoms with E-state index >= 15 is 0 Å². The van der Waals surface area contributed by atoms with Crippen LogP contribution in [0.25, 0.3) is 6.08 Å². The van der Waals surface area contributed by atoms with Gasteiger partial charge in [0.05, 0.1) is 24.4 Å². The highest BCUT2D eigenvalue weighted by Crippen LogP contribution is 2.22. The number of nitrogens with zero attached hydrogens (tertiary/aromatic N) is 1. The number of hydrogen-bond donors (Lipinski definition) is 0. The van der Waals surface area contributed by atoms with Gasteiger partial charge in [0.25, 0.3) is 0 Å². The Labute approximate surface area is 159 Å². The van der Waals surface area contributed by atoms with Gasteiger partial charge in [-0.3, -0.25) is 4.79 Å². The van der Waals surface area contributed by atoms with Crippen LogP contribution in [0.3, 0.4) is 0 Å². The molecular formula is C20H23NO5S. The SMILES string of the molecule is CCOc1ccc(CN(C(=O)/C=C/c2ccco2)[C@@H]2CCS(=O)(=O)C2)cc1. The molecule has 1 aliphatic rings. The first-order valence-electron chi connectivity index (χ1n) is 8.91. The summed E-state index contributed by atoms with van der Waals surface area (Å²) in [4.78, 5) is 14.4. The van der Waals surface area contributed by atoms with E-state index in [9.17, 15) is 13.2 Å². The molecule has 1 aromatic heterocycles. The van der Waals surface area contributed by atoms with Crippen LogP contribution in [0.4, 0.5) is 0 Å². The third-order valence-corrected chi connectivity index (χ3v) is 6.20. The second-order valence-corrected chi connectivity index (χ2v) is 8.68. The zero-order chi connectivity index (χ0) is 19.3. The first kappa shape index (κ1) is 19.2. The molecule has 0 aliphatic carbocycles. The molecule has 2 heterocycles. The van der Waals surface area contributed by atoms with E-state index in [0.29, 0.717) is 25.3 Å². The van der Waals surface area contributed by atoms with Crippen molar-refractivity contribution in [1.82, 2.24) is 4.90 Å². The molecule has 0 saturated carbocycles. The summed E-state index contributed by atoms with van der Waals surface area (Å²) >= 11 is 0. The lowest BCUT2D eigenvalue weighted by molar-refractivity contribution is -0.128. The fourth-order valence-corrected chi connectivity index (χ4v) is 4.83. The highest BCUT2D eigenvalue weighted by molar-refractivity contribution is 7.91. The number of carbonyl (C=O) groups excluding carboxylic acids is 1. The van der Waals surface area contributed by atoms with Gasteiger partial charge in [0.2, 0.25) is 5.91 Å². The van der Waals surface area contributed by atoms with Gasteiger partial charge in [-0.1, -0.05) is 12.1 Å². The van der Waals surface area contributed by atoms with Gasteiger partial charge >= 0.3 is 0 Å². The molecule has 0 radical (unpaired) electrons. The highest BCUT2D eigenvalue weighted by Gasteiger charge is 2.34. The number of hydrogen-bond acceptors (Lipinski definition) is 5. The summed E-state index contributed by atoms with van der Waals surface area (Å²) < 4.78 is 34.4. The summed E-state index contributed by atoms with van der Waals surface area (Å²) in [6.45, 7) is 2.84. The van der Waals surface area contributed by atoms with Gasteiger partial charge < -0.3 is 14.1 Å². The molecule has 27 heavy (non-hydrogen) atoms. The smallest absolute Gasteiger partial charge is 0.247 e. The summed E-state index contributed by atoms with van der Waals surface area (Å²) in [7, 11) is -3.09. The molecule has 1 amide bonds. The maximum Gasteiger partial charge on any atom is 0.247 e. The topological polar surface area (TPSA) is 76.8 Å². The molecule has 0 spiro atoms. The van der Waals surface area contributed by atoms with Crippen molar-refractivity contribution in [3.05, 3.63) is 60.1 Å². The van der Waals surface area contributed by atoms with Crippen molar-refractivity contribution in [1.29, 1.82) is 0 Å². The van der Waals surface area contributed by atoms with Crippen molar-refractivity contribution in [2.45, 2.75) is 25.9 Å². The highest BCUT2D eigenvalue weighted by atomic mass is 32.2. The van der Waals surface area contributed by atoms with Crippen LogP contribution < -0.4 is 4.74 Å². The Morgan fingerprint density at radius 2 is 2.07 bits per heavy atom. The van der Waals surface area contributed by atoms with Crippen molar-refractivity contribution >= 4 is 21.8 Å². The molecule has 1 atom stereocenters. The molecule has 1 aromatic carbocycles. The van der Waals surface area contributed by atoms with Gasteiger partial charge in [-0.05, 0) is 49.2 Å². The number of amides is 1. The fraction of sp³-hybridized carbons (Fsp3) is 0.350. The molecule has 3 rings (SSSR count). The van der Waals surface area contributed by atoms with Crippen LogP contribution in [-0.2, 0) is 21.2 Å². The Hall–Kier alpha value is -2.54. The van der Waals surface area contributed by atoms with Crippen LogP contribution >= 0.6 is 0 Å². The van der Waals surface area contributed by atoms with Crippen molar-refractivity contribution in [2.75, 3.05) is 18.1 Å². The molecular weight excluding hydrogens is 366 g/mol. The number of rotatable bonds is 7. The van der Waals surface area contributed by atoms with E-state index in [1.165, 1.54) is 12.3 Å². The Kier molecular flexibility index (Phi) is 6.01. The summed E-state index contributed by atoms with van der Waals surface area (Å²) in [6.07, 6.45) is 5.01. The second kappa shape index (κ2) is 8.43. The third kappa shape index (κ3) is 5.23. The van der Waals surface area contributed by atoms with Crippen molar-refractivity contribution < 1.29 is 22.4 Å². The van der Waals surface area contributed by atoms with Crippen LogP contribution in [0.5, 0.6) is 5.75 Å². The number of carbonyl (C=O) groups is 1. The zero-order valence-electron chi connectivity index (χ0n) is 15.2. The molecule has 0 bridgehead atoms. The lowest BCUT2D eigenvalue weighted by atomic mass is 10.1. The molecule has 144 valence electrons. The van der Waals surface area contributed by atoms with Gasteiger partial charge in [0.15, 0.2) is 9.84 Å². The predicted molar refractivity (Wildman–Crippen MR) is 103 cm³/mol. The maximum atomic E-state index is 12.8. The van der Waals surface area contributed by atoms with E-state index in [2.05, 4.69) is 0 Å². The summed E-state index contributed by atoms with van der Waals surface area (Å²) in [6, 6.07) is 10.7. The predicted octanol–water partition coefficient (Wildman–Crippen LogP) is 2.91. The van der Waals surface area contributed by atoms with Gasteiger partial charge in [-0.2, -0.15) is 0 Å². The molecule has 1 fully saturated rings. The first-order chi connectivity index (χ1) is 13.0. The quantitative estimate of drug-likeness (QED) is 0.681. The number of benzene rings is 1. The molecule has 0 N–H and O–H groups in total. The molecule has 7 heteroatoms. The molecule has 1 saturated heterocycles. The van der Waals surface area contributed by atoms with E-state index in [1.807, 2.05) is 31.2 Å². The summed E-state index contributed by atoms with van der Waals surface area (Å²) in [5, 5.41) is 0. The average Bonchev–Trinajstić information content (AvgIpc) is 3.28. The monoisotopic (exact) mass is 389 g/mol. The van der Waals surface area contributed by atoms with E-state index in [1.54, 1.807) is 23.1 Å². The van der Waals surface area contributed by atoms with E-state index in [-0.39, 0.29) is 23.5 Å². The third-order valence-electron chi connectivity index (χ3n) is 4.45. The minimum atomic E-state index is -3.09. The van der Waals surface area contributed by atoms with Crippen LogP contribution in [0.15, 0.2) is 53.2 Å². The van der Waals surface area contributed by atoms with Crippen LogP contribution in [0.2, 0.25) is 0 Å². The Morgan fingerprint density at radius 1 is 1.30 bits per heavy atom. The Morgan fingerprint density at radius 3 is 2.67 bits per heavy atom. The van der Waals surface area contributed by atoms with Gasteiger partial charge in [-0.15, -0.1) is 0 Å². The lowest BCUT2D eigenvalue weighted by Crippen LogP contribution is -2.39. The maximum absolute atomic E-state index is 12.8. The molecule has 1 aliphatic heterocycles. The van der Waals surface area contributed by atoms with Gasteiger partial charge in [0, 0.05) is 18.7 Å². The van der Waals surface area contributed by atoms with E-state index < -0.39 is 9.84 Å². The van der Waals surface area contributed by atoms with E-state index in [4.69, 9.17) is 9.15 Å². The molecule has 6 nitrogen and oxygen atoms in total. The van der Waals surface area contributed by atoms with Crippen LogP contribution in [-0.4, -0.2) is 43.4 Å². The zero-order valence-corrected chi connectivity index (χ0v) is 16.0. The normalized spacial score (nSPS) is 18.6. The Bertz CT molecular complexity index is 885. The minimum Gasteiger partial charge on any atom is -0.494 e. The minimum absolute atomic E-state index is 0.00433. The largest absolute Gasteiger partial charge is 0.494 e. The number of sulfone groups is 1. The Balaban J connectivity index is 1.77. The standard InChI is InChI=1S/C20H23NO5S/c1-2-25-19-7-5-16(6-8-19)14-21(17-11-13-27(23,24)15-17)20(22)10-9-18-4-3-12-26-18/h3-10,12,17H,2,11,13-15H2,1H3/b10-9+/t17-/m1/s1. The van der Waals surface area contributed by atoms with Crippen molar-refractivity contribution in [2.24, 2.45) is 0 Å². The molecule has 2 aromatic rings. The summed E-state index contributed by atoms with van der Waals surface area (Å²) in [5.74, 6) is 1.22. The van der Waals surface area contributed by atoms with E-state index in [0.717, 1.165) is 11.3 Å². The first-order valence-corrected chi connectivity index (χ1v) is 10.7. The summed E-state index contributed by atoms with van der Waals surface area (Å²) in [5.41, 5.74) is 0.919. The van der Waals surface area contributed by atoms with Gasteiger partial charge in [0.1, 0.15) is 11.5 Å². The number of ether oxygens (including phenoxy) is 1. The van der Waals surface area contributed by atoms with Crippen molar-refractivity contribution in [3.63, 3.8) is 0 Å². The fourth-order valence-electron chi connectivity index (χ4n) is 3.10. The van der Waals surface area contributed by atoms with Crippen LogP contribution in [0, 0.1) is 0 Å². The average molecular weight is 389 g/mol. The number of furan rings is 1. The lowest BCUT2D eigenvalue weighted by Gasteiger charge is -2.27. The van der Waals surface area contributed by atoms with Crippen molar-refractivity contribution in [3.8, 4) is 5.75 Å².